The molecule has 13 heavy (non-hydrogen) atoms. The van der Waals surface area contributed by atoms with Gasteiger partial charge in [0.25, 0.3) is 0 Å². The zero-order valence-corrected chi connectivity index (χ0v) is 7.30. The van der Waals surface area contributed by atoms with E-state index < -0.39 is 5.97 Å². The molecule has 0 bridgehead atoms. The maximum absolute atomic E-state index is 10.4. The minimum absolute atomic E-state index is 0.141. The molecule has 0 aliphatic carbocycles. The second-order valence-electron chi connectivity index (χ2n) is 2.01. The molecule has 0 saturated carbocycles. The summed E-state index contributed by atoms with van der Waals surface area (Å²) in [7, 11) is 0. The Kier molecular flexibility index (Phi) is 3.17. The molecule has 0 saturated heterocycles. The Bertz CT molecular complexity index is 386. The van der Waals surface area contributed by atoms with Gasteiger partial charge in [-0.15, -0.1) is 0 Å². The normalized spacial score (nSPS) is 8.62. The summed E-state index contributed by atoms with van der Waals surface area (Å²) in [6.07, 6.45) is 2.07. The SMILES string of the molecule is O=CCC#Cc1ncc(C(=O)O)s1. The highest BCUT2D eigenvalue weighted by Gasteiger charge is 2.05. The van der Waals surface area contributed by atoms with Crippen molar-refractivity contribution in [2.75, 3.05) is 0 Å². The molecule has 0 amide bonds. The summed E-state index contributed by atoms with van der Waals surface area (Å²) >= 11 is 0.991. The zero-order chi connectivity index (χ0) is 9.68. The van der Waals surface area contributed by atoms with E-state index in [0.29, 0.717) is 11.3 Å². The molecule has 4 nitrogen and oxygen atoms in total. The number of aromatic carboxylic acids is 1. The van der Waals surface area contributed by atoms with Crippen molar-refractivity contribution in [2.45, 2.75) is 6.42 Å². The van der Waals surface area contributed by atoms with Gasteiger partial charge < -0.3 is 9.90 Å². The van der Waals surface area contributed by atoms with Crippen LogP contribution >= 0.6 is 11.3 Å². The molecule has 5 heteroatoms. The molecular formula is C8H5NO3S. The number of aldehydes is 1. The topological polar surface area (TPSA) is 67.3 Å². The fourth-order valence-corrected chi connectivity index (χ4v) is 1.23. The van der Waals surface area contributed by atoms with Crippen molar-refractivity contribution in [3.05, 3.63) is 16.1 Å². The average Bonchev–Trinajstić information content (AvgIpc) is 2.53. The van der Waals surface area contributed by atoms with Gasteiger partial charge >= 0.3 is 5.97 Å². The fraction of sp³-hybridized carbons (Fsp3) is 0.125. The van der Waals surface area contributed by atoms with E-state index in [2.05, 4.69) is 16.8 Å². The Labute approximate surface area is 78.2 Å². The molecule has 1 rings (SSSR count). The maximum atomic E-state index is 10.4. The van der Waals surface area contributed by atoms with Crippen LogP contribution in [0.1, 0.15) is 21.1 Å². The average molecular weight is 195 g/mol. The number of carboxylic acid groups (broad SMARTS) is 1. The zero-order valence-electron chi connectivity index (χ0n) is 6.48. The quantitative estimate of drug-likeness (QED) is 0.559. The molecule has 0 spiro atoms. The van der Waals surface area contributed by atoms with E-state index >= 15 is 0 Å². The lowest BCUT2D eigenvalue weighted by Crippen LogP contribution is -1.89. The van der Waals surface area contributed by atoms with Crippen LogP contribution in [0.4, 0.5) is 0 Å². The number of nitrogens with zero attached hydrogens (tertiary/aromatic N) is 1. The van der Waals surface area contributed by atoms with E-state index in [9.17, 15) is 9.59 Å². The van der Waals surface area contributed by atoms with Crippen LogP contribution in [0.25, 0.3) is 0 Å². The van der Waals surface area contributed by atoms with E-state index in [1.165, 1.54) is 6.20 Å². The van der Waals surface area contributed by atoms with Crippen molar-refractivity contribution in [3.63, 3.8) is 0 Å². The molecule has 0 aromatic carbocycles. The first-order valence-electron chi connectivity index (χ1n) is 3.35. The van der Waals surface area contributed by atoms with Crippen molar-refractivity contribution in [2.24, 2.45) is 0 Å². The standard InChI is InChI=1S/C8H5NO3S/c10-4-2-1-3-7-9-5-6(13-7)8(11)12/h4-5H,2H2,(H,11,12). The summed E-state index contributed by atoms with van der Waals surface area (Å²) in [5.41, 5.74) is 0. The van der Waals surface area contributed by atoms with Gasteiger partial charge in [-0.1, -0.05) is 17.3 Å². The highest BCUT2D eigenvalue weighted by molar-refractivity contribution is 7.14. The van der Waals surface area contributed by atoms with E-state index in [1.54, 1.807) is 0 Å². The minimum Gasteiger partial charge on any atom is -0.477 e. The predicted molar refractivity (Wildman–Crippen MR) is 46.6 cm³/mol. The van der Waals surface area contributed by atoms with Gasteiger partial charge in [-0.05, 0) is 5.92 Å². The third-order valence-corrected chi connectivity index (χ3v) is 2.00. The van der Waals surface area contributed by atoms with Crippen molar-refractivity contribution in [1.82, 2.24) is 4.98 Å². The van der Waals surface area contributed by atoms with Crippen molar-refractivity contribution >= 4 is 23.6 Å². The van der Waals surface area contributed by atoms with Gasteiger partial charge in [0.05, 0.1) is 12.6 Å². The van der Waals surface area contributed by atoms with E-state index in [4.69, 9.17) is 5.11 Å². The first kappa shape index (κ1) is 9.42. The van der Waals surface area contributed by atoms with Gasteiger partial charge in [-0.25, -0.2) is 9.78 Å². The van der Waals surface area contributed by atoms with Gasteiger partial charge in [0, 0.05) is 0 Å². The number of aromatic nitrogens is 1. The smallest absolute Gasteiger partial charge is 0.347 e. The van der Waals surface area contributed by atoms with Gasteiger partial charge in [-0.2, -0.15) is 0 Å². The summed E-state index contributed by atoms with van der Waals surface area (Å²) in [6.45, 7) is 0. The Balaban J connectivity index is 2.76. The number of hydrogen-bond donors (Lipinski definition) is 1. The fourth-order valence-electron chi connectivity index (χ4n) is 0.599. The minimum atomic E-state index is -1.01. The monoisotopic (exact) mass is 195 g/mol. The number of thiazole rings is 1. The van der Waals surface area contributed by atoms with Gasteiger partial charge in [0.1, 0.15) is 11.2 Å². The van der Waals surface area contributed by atoms with E-state index in [-0.39, 0.29) is 11.3 Å². The van der Waals surface area contributed by atoms with Crippen molar-refractivity contribution in [3.8, 4) is 11.8 Å². The number of rotatable bonds is 2. The van der Waals surface area contributed by atoms with Crippen LogP contribution in [0.2, 0.25) is 0 Å². The number of hydrogen-bond acceptors (Lipinski definition) is 4. The Morgan fingerprint density at radius 1 is 1.77 bits per heavy atom. The molecule has 0 aliphatic heterocycles. The Morgan fingerprint density at radius 2 is 2.54 bits per heavy atom. The second kappa shape index (κ2) is 4.38. The summed E-state index contributed by atoms with van der Waals surface area (Å²) in [5.74, 6) is 4.11. The lowest BCUT2D eigenvalue weighted by atomic mass is 10.5. The molecule has 0 atom stereocenters. The van der Waals surface area contributed by atoms with Crippen molar-refractivity contribution < 1.29 is 14.7 Å². The van der Waals surface area contributed by atoms with Crippen LogP contribution in [0.3, 0.4) is 0 Å². The molecule has 0 aliphatic rings. The maximum Gasteiger partial charge on any atom is 0.347 e. The van der Waals surface area contributed by atoms with E-state index in [0.717, 1.165) is 11.3 Å². The molecule has 1 aromatic heterocycles. The highest BCUT2D eigenvalue weighted by Crippen LogP contribution is 2.10. The molecule has 0 radical (unpaired) electrons. The van der Waals surface area contributed by atoms with Crippen LogP contribution in [-0.4, -0.2) is 22.3 Å². The second-order valence-corrected chi connectivity index (χ2v) is 3.04. The third kappa shape index (κ3) is 2.69. The van der Waals surface area contributed by atoms with Gasteiger partial charge in [-0.3, -0.25) is 0 Å². The first-order chi connectivity index (χ1) is 6.24. The first-order valence-corrected chi connectivity index (χ1v) is 4.17. The molecule has 1 N–H and O–H groups in total. The van der Waals surface area contributed by atoms with Crippen LogP contribution in [0.15, 0.2) is 6.20 Å². The van der Waals surface area contributed by atoms with Crippen molar-refractivity contribution in [1.29, 1.82) is 0 Å². The molecule has 1 heterocycles. The lowest BCUT2D eigenvalue weighted by Gasteiger charge is -1.78. The largest absolute Gasteiger partial charge is 0.477 e. The number of carbonyl (C=O) groups excluding carboxylic acids is 1. The summed E-state index contributed by atoms with van der Waals surface area (Å²) in [4.78, 5) is 24.2. The van der Waals surface area contributed by atoms with Gasteiger partial charge in [0.15, 0.2) is 5.01 Å². The molecule has 1 aromatic rings. The van der Waals surface area contributed by atoms with Crippen LogP contribution in [-0.2, 0) is 4.79 Å². The van der Waals surface area contributed by atoms with Crippen LogP contribution in [0, 0.1) is 11.8 Å². The Hall–Kier alpha value is -1.67. The van der Waals surface area contributed by atoms with E-state index in [1.807, 2.05) is 0 Å². The highest BCUT2D eigenvalue weighted by atomic mass is 32.1. The lowest BCUT2D eigenvalue weighted by molar-refractivity contribution is -0.107. The predicted octanol–water partition coefficient (Wildman–Crippen LogP) is 0.782. The summed E-state index contributed by atoms with van der Waals surface area (Å²) in [6, 6.07) is 0. The molecule has 0 fully saturated rings. The van der Waals surface area contributed by atoms with Crippen LogP contribution in [0.5, 0.6) is 0 Å². The Morgan fingerprint density at radius 3 is 3.08 bits per heavy atom. The summed E-state index contributed by atoms with van der Waals surface area (Å²) < 4.78 is 0. The molecule has 0 unspecified atom stereocenters. The summed E-state index contributed by atoms with van der Waals surface area (Å²) in [5, 5.41) is 8.95. The van der Waals surface area contributed by atoms with Crippen LogP contribution < -0.4 is 0 Å². The molecule has 66 valence electrons. The van der Waals surface area contributed by atoms with Gasteiger partial charge in [0.2, 0.25) is 0 Å². The third-order valence-electron chi connectivity index (χ3n) is 1.10. The molecular weight excluding hydrogens is 190 g/mol. The number of carbonyl (C=O) groups is 2. The number of carboxylic acids is 1.